The van der Waals surface area contributed by atoms with Crippen LogP contribution in [0, 0.1) is 6.92 Å². The van der Waals surface area contributed by atoms with E-state index in [1.165, 1.54) is 27.9 Å². The molecule has 146 valence electrons. The highest BCUT2D eigenvalue weighted by Gasteiger charge is 2.22. The predicted molar refractivity (Wildman–Crippen MR) is 117 cm³/mol. The molecule has 1 saturated heterocycles. The van der Waals surface area contributed by atoms with Gasteiger partial charge in [0.25, 0.3) is 0 Å². The lowest BCUT2D eigenvalue weighted by atomic mass is 10.2. The number of anilines is 1. The second-order valence-electron chi connectivity index (χ2n) is 6.96. The number of piperazine rings is 1. The number of carbonyl (C=O) groups excluding carboxylic acids is 1. The van der Waals surface area contributed by atoms with E-state index in [0.717, 1.165) is 47.8 Å². The van der Waals surface area contributed by atoms with Crippen molar-refractivity contribution in [2.45, 2.75) is 25.3 Å². The highest BCUT2D eigenvalue weighted by atomic mass is 32.2. The van der Waals surface area contributed by atoms with Crippen molar-refractivity contribution in [1.82, 2.24) is 14.9 Å². The second kappa shape index (κ2) is 8.49. The lowest BCUT2D eigenvalue weighted by molar-refractivity contribution is -0.128. The first-order chi connectivity index (χ1) is 13.6. The Balaban J connectivity index is 1.35. The summed E-state index contributed by atoms with van der Waals surface area (Å²) in [6.07, 6.45) is 2.60. The highest BCUT2D eigenvalue weighted by Crippen LogP contribution is 2.31. The number of thioether (sulfide) groups is 1. The maximum atomic E-state index is 12.7. The van der Waals surface area contributed by atoms with Gasteiger partial charge >= 0.3 is 0 Å². The molecule has 7 heteroatoms. The lowest BCUT2D eigenvalue weighted by Crippen LogP contribution is -2.49. The molecule has 1 aromatic carbocycles. The molecule has 3 aromatic rings. The van der Waals surface area contributed by atoms with Crippen molar-refractivity contribution in [2.24, 2.45) is 0 Å². The number of aryl methyl sites for hydroxylation is 2. The van der Waals surface area contributed by atoms with Gasteiger partial charge in [-0.05, 0) is 37.1 Å². The summed E-state index contributed by atoms with van der Waals surface area (Å²) in [6.45, 7) is 7.55. The minimum Gasteiger partial charge on any atom is -0.368 e. The Morgan fingerprint density at radius 1 is 1.18 bits per heavy atom. The second-order valence-corrected chi connectivity index (χ2v) is 9.04. The van der Waals surface area contributed by atoms with Gasteiger partial charge < -0.3 is 9.80 Å². The van der Waals surface area contributed by atoms with Gasteiger partial charge in [-0.15, -0.1) is 11.3 Å². The molecule has 3 heterocycles. The van der Waals surface area contributed by atoms with Crippen molar-refractivity contribution < 1.29 is 4.79 Å². The van der Waals surface area contributed by atoms with Crippen molar-refractivity contribution in [2.75, 3.05) is 36.8 Å². The van der Waals surface area contributed by atoms with Gasteiger partial charge in [0.05, 0.1) is 5.75 Å². The largest absolute Gasteiger partial charge is 0.368 e. The van der Waals surface area contributed by atoms with Crippen molar-refractivity contribution in [3.63, 3.8) is 0 Å². The summed E-state index contributed by atoms with van der Waals surface area (Å²) >= 11 is 3.23. The molecule has 1 fully saturated rings. The lowest BCUT2D eigenvalue weighted by Gasteiger charge is -2.36. The molecule has 4 rings (SSSR count). The van der Waals surface area contributed by atoms with E-state index in [4.69, 9.17) is 0 Å². The van der Waals surface area contributed by atoms with Gasteiger partial charge in [0, 0.05) is 42.1 Å². The molecular formula is C21H24N4OS2. The molecule has 2 aromatic heterocycles. The molecule has 0 saturated carbocycles. The molecule has 0 N–H and O–H groups in total. The third-order valence-corrected chi connectivity index (χ3v) is 7.20. The van der Waals surface area contributed by atoms with E-state index in [1.54, 1.807) is 17.7 Å². The van der Waals surface area contributed by atoms with Crippen LogP contribution in [0.25, 0.3) is 10.2 Å². The molecule has 28 heavy (non-hydrogen) atoms. The highest BCUT2D eigenvalue weighted by molar-refractivity contribution is 8.00. The summed E-state index contributed by atoms with van der Waals surface area (Å²) < 4.78 is 0. The molecule has 0 radical (unpaired) electrons. The Morgan fingerprint density at radius 3 is 2.75 bits per heavy atom. The van der Waals surface area contributed by atoms with Gasteiger partial charge in [-0.1, -0.05) is 30.8 Å². The maximum absolute atomic E-state index is 12.7. The van der Waals surface area contributed by atoms with Crippen molar-refractivity contribution >= 4 is 44.9 Å². The molecule has 0 unspecified atom stereocenters. The van der Waals surface area contributed by atoms with Crippen molar-refractivity contribution in [3.05, 3.63) is 47.1 Å². The zero-order valence-corrected chi connectivity index (χ0v) is 17.9. The third-order valence-electron chi connectivity index (χ3n) is 5.02. The van der Waals surface area contributed by atoms with Gasteiger partial charge in [-0.2, -0.15) is 0 Å². The van der Waals surface area contributed by atoms with Crippen LogP contribution in [0.15, 0.2) is 41.7 Å². The van der Waals surface area contributed by atoms with Crippen LogP contribution in [0.5, 0.6) is 0 Å². The zero-order valence-electron chi connectivity index (χ0n) is 16.2. The quantitative estimate of drug-likeness (QED) is 0.468. The molecule has 1 aliphatic rings. The molecule has 1 amide bonds. The van der Waals surface area contributed by atoms with Crippen LogP contribution in [0.4, 0.5) is 5.69 Å². The Bertz CT molecular complexity index is 979. The van der Waals surface area contributed by atoms with E-state index >= 15 is 0 Å². The van der Waals surface area contributed by atoms with E-state index < -0.39 is 0 Å². The van der Waals surface area contributed by atoms with Crippen LogP contribution in [0.2, 0.25) is 0 Å². The van der Waals surface area contributed by atoms with Crippen molar-refractivity contribution in [1.29, 1.82) is 0 Å². The number of hydrogen-bond acceptors (Lipinski definition) is 6. The summed E-state index contributed by atoms with van der Waals surface area (Å²) in [5.74, 6) is 0.611. The Hall–Kier alpha value is -2.12. The Labute approximate surface area is 173 Å². The van der Waals surface area contributed by atoms with Gasteiger partial charge in [-0.25, -0.2) is 9.97 Å². The van der Waals surface area contributed by atoms with E-state index in [9.17, 15) is 4.79 Å². The van der Waals surface area contributed by atoms with Crippen LogP contribution in [-0.4, -0.2) is 52.7 Å². The standard InChI is InChI=1S/C21H24N4OS2/c1-3-17-12-18-20(22-14-23-21(18)28-17)27-13-19(26)25-9-7-24(8-10-25)16-6-4-5-15(2)11-16/h4-6,11-12,14H,3,7-10,13H2,1-2H3. The first kappa shape index (κ1) is 19.2. The average Bonchev–Trinajstić information content (AvgIpc) is 3.16. The molecule has 1 aliphatic heterocycles. The summed E-state index contributed by atoms with van der Waals surface area (Å²) in [6, 6.07) is 10.7. The molecule has 0 aliphatic carbocycles. The van der Waals surface area contributed by atoms with E-state index in [-0.39, 0.29) is 5.91 Å². The van der Waals surface area contributed by atoms with E-state index in [1.807, 2.05) is 4.90 Å². The monoisotopic (exact) mass is 412 g/mol. The molecular weight excluding hydrogens is 388 g/mol. The van der Waals surface area contributed by atoms with Crippen LogP contribution in [0.1, 0.15) is 17.4 Å². The number of rotatable bonds is 5. The number of fused-ring (bicyclic) bond motifs is 1. The number of hydrogen-bond donors (Lipinski definition) is 0. The SMILES string of the molecule is CCc1cc2c(SCC(=O)N3CCN(c4cccc(C)c4)CC3)ncnc2s1. The van der Waals surface area contributed by atoms with E-state index in [0.29, 0.717) is 5.75 Å². The number of thiophene rings is 1. The summed E-state index contributed by atoms with van der Waals surface area (Å²) in [5, 5.41) is 1.99. The number of nitrogens with zero attached hydrogens (tertiary/aromatic N) is 4. The van der Waals surface area contributed by atoms with Gasteiger partial charge in [0.2, 0.25) is 5.91 Å². The zero-order chi connectivity index (χ0) is 19.5. The smallest absolute Gasteiger partial charge is 0.233 e. The first-order valence-corrected chi connectivity index (χ1v) is 11.4. The van der Waals surface area contributed by atoms with Crippen LogP contribution in [-0.2, 0) is 11.2 Å². The number of carbonyl (C=O) groups is 1. The van der Waals surface area contributed by atoms with E-state index in [2.05, 4.69) is 59.0 Å². The first-order valence-electron chi connectivity index (χ1n) is 9.59. The molecule has 0 atom stereocenters. The predicted octanol–water partition coefficient (Wildman–Crippen LogP) is 4.00. The fourth-order valence-corrected chi connectivity index (χ4v) is 5.31. The van der Waals surface area contributed by atoms with Crippen LogP contribution >= 0.6 is 23.1 Å². The van der Waals surface area contributed by atoms with Crippen LogP contribution < -0.4 is 4.90 Å². The number of benzene rings is 1. The van der Waals surface area contributed by atoms with Gasteiger partial charge in [-0.3, -0.25) is 4.79 Å². The Kier molecular flexibility index (Phi) is 5.82. The summed E-state index contributed by atoms with van der Waals surface area (Å²) in [4.78, 5) is 28.1. The van der Waals surface area contributed by atoms with Gasteiger partial charge in [0.15, 0.2) is 0 Å². The van der Waals surface area contributed by atoms with Crippen molar-refractivity contribution in [3.8, 4) is 0 Å². The molecule has 5 nitrogen and oxygen atoms in total. The Morgan fingerprint density at radius 2 is 2.00 bits per heavy atom. The maximum Gasteiger partial charge on any atom is 0.233 e. The molecule has 0 bridgehead atoms. The number of aromatic nitrogens is 2. The molecule has 0 spiro atoms. The fourth-order valence-electron chi connectivity index (χ4n) is 3.43. The third kappa shape index (κ3) is 4.15. The number of amides is 1. The van der Waals surface area contributed by atoms with Crippen LogP contribution in [0.3, 0.4) is 0 Å². The average molecular weight is 413 g/mol. The topological polar surface area (TPSA) is 49.3 Å². The minimum absolute atomic E-state index is 0.187. The minimum atomic E-state index is 0.187. The van der Waals surface area contributed by atoms with Gasteiger partial charge in [0.1, 0.15) is 16.2 Å². The normalized spacial score (nSPS) is 14.6. The fraction of sp³-hybridized carbons (Fsp3) is 0.381. The summed E-state index contributed by atoms with van der Waals surface area (Å²) in [7, 11) is 0. The summed E-state index contributed by atoms with van der Waals surface area (Å²) in [5.41, 5.74) is 2.51.